The normalized spacial score (nSPS) is 16.2. The number of carboxylic acids is 1. The van der Waals surface area contributed by atoms with Crippen molar-refractivity contribution in [1.82, 2.24) is 9.78 Å². The van der Waals surface area contributed by atoms with E-state index in [1.807, 2.05) is 54.1 Å². The second-order valence-corrected chi connectivity index (χ2v) is 7.75. The van der Waals surface area contributed by atoms with E-state index in [2.05, 4.69) is 10.4 Å². The molecule has 28 heavy (non-hydrogen) atoms. The van der Waals surface area contributed by atoms with Crippen LogP contribution in [0.25, 0.3) is 0 Å². The van der Waals surface area contributed by atoms with Gasteiger partial charge in [0.2, 0.25) is 5.91 Å². The average molecular weight is 393 g/mol. The molecular formula is C21H19N3O3S. The SMILES string of the molecule is Cc1nn(Cc2ccccc2)c2c1[C@H](c1ccc(C(=O)O)cc1)SCC(=O)N2. The predicted octanol–water partition coefficient (Wildman–Crippen LogP) is 3.71. The van der Waals surface area contributed by atoms with Gasteiger partial charge in [0.15, 0.2) is 0 Å². The molecule has 7 heteroatoms. The van der Waals surface area contributed by atoms with E-state index in [1.54, 1.807) is 12.1 Å². The van der Waals surface area contributed by atoms with Crippen molar-refractivity contribution in [2.24, 2.45) is 0 Å². The lowest BCUT2D eigenvalue weighted by molar-refractivity contribution is -0.113. The number of amides is 1. The van der Waals surface area contributed by atoms with E-state index >= 15 is 0 Å². The first kappa shape index (κ1) is 18.3. The zero-order chi connectivity index (χ0) is 19.7. The Morgan fingerprint density at radius 2 is 1.93 bits per heavy atom. The van der Waals surface area contributed by atoms with Crippen LogP contribution in [-0.4, -0.2) is 32.5 Å². The third kappa shape index (κ3) is 3.53. The lowest BCUT2D eigenvalue weighted by atomic mass is 10.0. The molecule has 0 fully saturated rings. The van der Waals surface area contributed by atoms with Crippen molar-refractivity contribution < 1.29 is 14.7 Å². The number of nitrogens with zero attached hydrogens (tertiary/aromatic N) is 2. The van der Waals surface area contributed by atoms with Crippen LogP contribution in [0.3, 0.4) is 0 Å². The molecule has 0 saturated heterocycles. The van der Waals surface area contributed by atoms with Crippen LogP contribution in [0, 0.1) is 6.92 Å². The maximum Gasteiger partial charge on any atom is 0.335 e. The summed E-state index contributed by atoms with van der Waals surface area (Å²) < 4.78 is 1.84. The zero-order valence-electron chi connectivity index (χ0n) is 15.3. The molecule has 1 amide bonds. The first-order valence-electron chi connectivity index (χ1n) is 8.89. The van der Waals surface area contributed by atoms with Gasteiger partial charge in [0.1, 0.15) is 5.82 Å². The lowest BCUT2D eigenvalue weighted by Gasteiger charge is -2.15. The minimum absolute atomic E-state index is 0.0647. The topological polar surface area (TPSA) is 84.2 Å². The molecule has 0 unspecified atom stereocenters. The molecular weight excluding hydrogens is 374 g/mol. The molecule has 2 heterocycles. The lowest BCUT2D eigenvalue weighted by Crippen LogP contribution is -2.16. The van der Waals surface area contributed by atoms with E-state index in [0.29, 0.717) is 18.1 Å². The molecule has 0 bridgehead atoms. The van der Waals surface area contributed by atoms with Gasteiger partial charge in [-0.1, -0.05) is 42.5 Å². The van der Waals surface area contributed by atoms with Crippen LogP contribution in [0.5, 0.6) is 0 Å². The van der Waals surface area contributed by atoms with Gasteiger partial charge < -0.3 is 10.4 Å². The summed E-state index contributed by atoms with van der Waals surface area (Å²) in [5.41, 5.74) is 4.12. The number of rotatable bonds is 4. The standard InChI is InChI=1S/C21H19N3O3S/c1-13-18-19(15-7-9-16(10-8-15)21(26)27)28-12-17(25)22-20(18)24(23-13)11-14-5-3-2-4-6-14/h2-10,19H,11-12H2,1H3,(H,22,25)(H,26,27)/t19-/m0/s1. The Bertz CT molecular complexity index is 1030. The molecule has 1 aliphatic rings. The van der Waals surface area contributed by atoms with Crippen LogP contribution >= 0.6 is 11.8 Å². The van der Waals surface area contributed by atoms with Crippen molar-refractivity contribution in [3.05, 3.63) is 82.5 Å². The number of anilines is 1. The van der Waals surface area contributed by atoms with E-state index < -0.39 is 5.97 Å². The number of carboxylic acid groups (broad SMARTS) is 1. The summed E-state index contributed by atoms with van der Waals surface area (Å²) in [6.07, 6.45) is 0. The largest absolute Gasteiger partial charge is 0.478 e. The van der Waals surface area contributed by atoms with Crippen LogP contribution in [0.15, 0.2) is 54.6 Å². The highest BCUT2D eigenvalue weighted by Gasteiger charge is 2.30. The Labute approximate surface area is 166 Å². The molecule has 0 aliphatic carbocycles. The van der Waals surface area contributed by atoms with Gasteiger partial charge in [-0.3, -0.25) is 4.79 Å². The molecule has 142 valence electrons. The van der Waals surface area contributed by atoms with E-state index in [0.717, 1.165) is 22.4 Å². The fourth-order valence-corrected chi connectivity index (χ4v) is 4.57. The smallest absolute Gasteiger partial charge is 0.335 e. The molecule has 4 rings (SSSR count). The van der Waals surface area contributed by atoms with Crippen LogP contribution in [-0.2, 0) is 11.3 Å². The summed E-state index contributed by atoms with van der Waals surface area (Å²) in [6.45, 7) is 2.50. The quantitative estimate of drug-likeness (QED) is 0.706. The number of aromatic nitrogens is 2. The molecule has 2 N–H and O–H groups in total. The molecule has 1 atom stereocenters. The number of thioether (sulfide) groups is 1. The third-order valence-corrected chi connectivity index (χ3v) is 5.98. The predicted molar refractivity (Wildman–Crippen MR) is 109 cm³/mol. The maximum absolute atomic E-state index is 12.3. The molecule has 1 aliphatic heterocycles. The van der Waals surface area contributed by atoms with E-state index in [4.69, 9.17) is 5.11 Å². The minimum atomic E-state index is -0.954. The van der Waals surface area contributed by atoms with Crippen molar-refractivity contribution in [1.29, 1.82) is 0 Å². The van der Waals surface area contributed by atoms with E-state index in [1.165, 1.54) is 11.8 Å². The Kier molecular flexibility index (Phi) is 4.92. The van der Waals surface area contributed by atoms with Gasteiger partial charge >= 0.3 is 5.97 Å². The van der Waals surface area contributed by atoms with Gasteiger partial charge in [-0.15, -0.1) is 11.8 Å². The third-order valence-electron chi connectivity index (χ3n) is 4.71. The Morgan fingerprint density at radius 1 is 1.21 bits per heavy atom. The number of benzene rings is 2. The average Bonchev–Trinajstić information content (AvgIpc) is 2.87. The van der Waals surface area contributed by atoms with Crippen LogP contribution < -0.4 is 5.32 Å². The first-order valence-corrected chi connectivity index (χ1v) is 9.93. The van der Waals surface area contributed by atoms with Crippen LogP contribution in [0.1, 0.15) is 38.0 Å². The number of nitrogens with one attached hydrogen (secondary N) is 1. The van der Waals surface area contributed by atoms with Gasteiger partial charge in [-0.05, 0) is 30.2 Å². The molecule has 0 radical (unpaired) electrons. The van der Waals surface area contributed by atoms with Crippen molar-refractivity contribution in [2.45, 2.75) is 18.7 Å². The summed E-state index contributed by atoms with van der Waals surface area (Å²) >= 11 is 1.52. The van der Waals surface area contributed by atoms with Gasteiger partial charge in [0, 0.05) is 5.56 Å². The van der Waals surface area contributed by atoms with Gasteiger partial charge in [0.05, 0.1) is 28.8 Å². The molecule has 0 saturated carbocycles. The molecule has 2 aromatic carbocycles. The first-order chi connectivity index (χ1) is 13.5. The van der Waals surface area contributed by atoms with E-state index in [9.17, 15) is 9.59 Å². The fraction of sp³-hybridized carbons (Fsp3) is 0.190. The summed E-state index contributed by atoms with van der Waals surface area (Å²) in [4.78, 5) is 23.5. The number of aryl methyl sites for hydroxylation is 1. The molecule has 6 nitrogen and oxygen atoms in total. The summed E-state index contributed by atoms with van der Waals surface area (Å²) in [5, 5.41) is 16.7. The fourth-order valence-electron chi connectivity index (χ4n) is 3.39. The van der Waals surface area contributed by atoms with Gasteiger partial charge in [-0.2, -0.15) is 5.10 Å². The molecule has 1 aromatic heterocycles. The Balaban J connectivity index is 1.76. The number of aromatic carboxylic acids is 1. The number of hydrogen-bond donors (Lipinski definition) is 2. The number of hydrogen-bond acceptors (Lipinski definition) is 4. The highest BCUT2D eigenvalue weighted by molar-refractivity contribution is 8.00. The van der Waals surface area contributed by atoms with Crippen molar-refractivity contribution in [3.8, 4) is 0 Å². The summed E-state index contributed by atoms with van der Waals surface area (Å²) in [7, 11) is 0. The van der Waals surface area contributed by atoms with Crippen molar-refractivity contribution >= 4 is 29.5 Å². The van der Waals surface area contributed by atoms with Crippen molar-refractivity contribution in [2.75, 3.05) is 11.1 Å². The Morgan fingerprint density at radius 3 is 2.61 bits per heavy atom. The highest BCUT2D eigenvalue weighted by Crippen LogP contribution is 2.43. The van der Waals surface area contributed by atoms with Crippen LogP contribution in [0.2, 0.25) is 0 Å². The van der Waals surface area contributed by atoms with E-state index in [-0.39, 0.29) is 16.7 Å². The number of fused-ring (bicyclic) bond motifs is 1. The summed E-state index contributed by atoms with van der Waals surface area (Å²) in [6, 6.07) is 16.8. The highest BCUT2D eigenvalue weighted by atomic mass is 32.2. The van der Waals surface area contributed by atoms with Crippen molar-refractivity contribution in [3.63, 3.8) is 0 Å². The molecule has 3 aromatic rings. The zero-order valence-corrected chi connectivity index (χ0v) is 16.1. The maximum atomic E-state index is 12.3. The van der Waals surface area contributed by atoms with Gasteiger partial charge in [0.25, 0.3) is 0 Å². The summed E-state index contributed by atoms with van der Waals surface area (Å²) in [5.74, 6) is 0.0170. The second-order valence-electron chi connectivity index (χ2n) is 6.66. The number of carbonyl (C=O) groups is 2. The monoisotopic (exact) mass is 393 g/mol. The second kappa shape index (κ2) is 7.52. The Hall–Kier alpha value is -3.06. The van der Waals surface area contributed by atoms with Gasteiger partial charge in [-0.25, -0.2) is 9.48 Å². The molecule has 0 spiro atoms. The van der Waals surface area contributed by atoms with Crippen LogP contribution in [0.4, 0.5) is 5.82 Å². The number of carbonyl (C=O) groups excluding carboxylic acids is 1. The minimum Gasteiger partial charge on any atom is -0.478 e.